The molecule has 0 unspecified atom stereocenters. The smallest absolute Gasteiger partial charge is 0.319 e. The van der Waals surface area contributed by atoms with Gasteiger partial charge in [-0.1, -0.05) is 60.7 Å². The van der Waals surface area contributed by atoms with Crippen LogP contribution in [-0.2, 0) is 9.53 Å². The standard InChI is InChI=1S/C17H19NO2/c1-2-20-16(19)13-18-17(14-9-5-3-6-10-14)15-11-7-4-8-12-15/h3-12,17-18H,2,13H2,1H3. The molecule has 3 heteroatoms. The lowest BCUT2D eigenvalue weighted by Gasteiger charge is -2.19. The van der Waals surface area contributed by atoms with Gasteiger partial charge in [0.1, 0.15) is 0 Å². The van der Waals surface area contributed by atoms with Crippen molar-refractivity contribution in [2.45, 2.75) is 13.0 Å². The number of rotatable bonds is 6. The van der Waals surface area contributed by atoms with E-state index in [9.17, 15) is 4.79 Å². The van der Waals surface area contributed by atoms with E-state index in [1.165, 1.54) is 0 Å². The van der Waals surface area contributed by atoms with E-state index in [1.807, 2.05) is 43.3 Å². The largest absolute Gasteiger partial charge is 0.465 e. The molecule has 0 aliphatic heterocycles. The summed E-state index contributed by atoms with van der Waals surface area (Å²) in [5, 5.41) is 3.26. The van der Waals surface area contributed by atoms with Crippen LogP contribution in [0.25, 0.3) is 0 Å². The van der Waals surface area contributed by atoms with Crippen molar-refractivity contribution >= 4 is 5.97 Å². The Bertz CT molecular complexity index is 486. The molecule has 0 bridgehead atoms. The third kappa shape index (κ3) is 3.93. The van der Waals surface area contributed by atoms with E-state index in [4.69, 9.17) is 4.74 Å². The molecule has 0 aromatic heterocycles. The van der Waals surface area contributed by atoms with Gasteiger partial charge in [-0.2, -0.15) is 0 Å². The number of esters is 1. The zero-order valence-electron chi connectivity index (χ0n) is 11.6. The molecule has 2 aromatic rings. The fourth-order valence-corrected chi connectivity index (χ4v) is 2.12. The summed E-state index contributed by atoms with van der Waals surface area (Å²) in [4.78, 5) is 11.5. The van der Waals surface area contributed by atoms with Crippen molar-refractivity contribution in [1.29, 1.82) is 0 Å². The predicted octanol–water partition coefficient (Wildman–Crippen LogP) is 2.93. The van der Waals surface area contributed by atoms with E-state index in [2.05, 4.69) is 29.6 Å². The molecule has 0 fully saturated rings. The van der Waals surface area contributed by atoms with Crippen LogP contribution in [0.3, 0.4) is 0 Å². The molecule has 20 heavy (non-hydrogen) atoms. The summed E-state index contributed by atoms with van der Waals surface area (Å²) in [6, 6.07) is 20.1. The molecule has 0 spiro atoms. The molecule has 0 heterocycles. The van der Waals surface area contributed by atoms with Crippen molar-refractivity contribution in [3.63, 3.8) is 0 Å². The number of nitrogens with one attached hydrogen (secondary N) is 1. The lowest BCUT2D eigenvalue weighted by Crippen LogP contribution is -2.29. The predicted molar refractivity (Wildman–Crippen MR) is 79.4 cm³/mol. The zero-order chi connectivity index (χ0) is 14.2. The second-order valence-corrected chi connectivity index (χ2v) is 4.44. The van der Waals surface area contributed by atoms with Gasteiger partial charge in [-0.25, -0.2) is 0 Å². The molecule has 104 valence electrons. The van der Waals surface area contributed by atoms with E-state index in [0.29, 0.717) is 6.61 Å². The van der Waals surface area contributed by atoms with Crippen LogP contribution in [0.2, 0.25) is 0 Å². The summed E-state index contributed by atoms with van der Waals surface area (Å²) in [5.74, 6) is -0.232. The highest BCUT2D eigenvalue weighted by atomic mass is 16.5. The highest BCUT2D eigenvalue weighted by molar-refractivity contribution is 5.71. The maximum atomic E-state index is 11.5. The molecule has 2 rings (SSSR count). The van der Waals surface area contributed by atoms with Crippen LogP contribution in [-0.4, -0.2) is 19.1 Å². The molecule has 0 saturated heterocycles. The average Bonchev–Trinajstić information content (AvgIpc) is 2.50. The number of benzene rings is 2. The Morgan fingerprint density at radius 2 is 1.50 bits per heavy atom. The highest BCUT2D eigenvalue weighted by Gasteiger charge is 2.14. The molecule has 0 atom stereocenters. The summed E-state index contributed by atoms with van der Waals surface area (Å²) < 4.78 is 4.96. The van der Waals surface area contributed by atoms with Crippen molar-refractivity contribution in [3.05, 3.63) is 71.8 Å². The van der Waals surface area contributed by atoms with Crippen LogP contribution in [0.1, 0.15) is 24.1 Å². The number of hydrogen-bond acceptors (Lipinski definition) is 3. The lowest BCUT2D eigenvalue weighted by molar-refractivity contribution is -0.142. The van der Waals surface area contributed by atoms with Crippen LogP contribution < -0.4 is 5.32 Å². The lowest BCUT2D eigenvalue weighted by atomic mass is 9.99. The van der Waals surface area contributed by atoms with Crippen molar-refractivity contribution < 1.29 is 9.53 Å². The normalized spacial score (nSPS) is 10.5. The van der Waals surface area contributed by atoms with Gasteiger partial charge in [0.05, 0.1) is 19.2 Å². The molecule has 1 N–H and O–H groups in total. The molecular weight excluding hydrogens is 250 g/mol. The first-order valence-electron chi connectivity index (χ1n) is 6.80. The topological polar surface area (TPSA) is 38.3 Å². The summed E-state index contributed by atoms with van der Waals surface area (Å²) in [7, 11) is 0. The van der Waals surface area contributed by atoms with Gasteiger partial charge in [-0.05, 0) is 18.1 Å². The quantitative estimate of drug-likeness (QED) is 0.819. The first-order chi connectivity index (χ1) is 9.81. The summed E-state index contributed by atoms with van der Waals surface area (Å²) in [6.07, 6.45) is 0. The van der Waals surface area contributed by atoms with Crippen molar-refractivity contribution in [2.24, 2.45) is 0 Å². The Morgan fingerprint density at radius 1 is 1.00 bits per heavy atom. The van der Waals surface area contributed by atoms with Crippen molar-refractivity contribution in [1.82, 2.24) is 5.32 Å². The van der Waals surface area contributed by atoms with Gasteiger partial charge in [0.2, 0.25) is 0 Å². The molecule has 0 radical (unpaired) electrons. The molecular formula is C17H19NO2. The molecule has 0 amide bonds. The van der Waals surface area contributed by atoms with Gasteiger partial charge in [0.15, 0.2) is 0 Å². The Balaban J connectivity index is 2.15. The van der Waals surface area contributed by atoms with Gasteiger partial charge in [-0.15, -0.1) is 0 Å². The van der Waals surface area contributed by atoms with Gasteiger partial charge < -0.3 is 4.74 Å². The number of carbonyl (C=O) groups is 1. The van der Waals surface area contributed by atoms with Gasteiger partial charge in [0, 0.05) is 0 Å². The fourth-order valence-electron chi connectivity index (χ4n) is 2.12. The summed E-state index contributed by atoms with van der Waals surface area (Å²) >= 11 is 0. The SMILES string of the molecule is CCOC(=O)CNC(c1ccccc1)c1ccccc1. The third-order valence-corrected chi connectivity index (χ3v) is 3.02. The van der Waals surface area contributed by atoms with E-state index >= 15 is 0 Å². The van der Waals surface area contributed by atoms with Crippen molar-refractivity contribution in [2.75, 3.05) is 13.2 Å². The van der Waals surface area contributed by atoms with Crippen LogP contribution in [0.5, 0.6) is 0 Å². The van der Waals surface area contributed by atoms with Crippen LogP contribution in [0.15, 0.2) is 60.7 Å². The highest BCUT2D eigenvalue weighted by Crippen LogP contribution is 2.21. The number of carbonyl (C=O) groups excluding carboxylic acids is 1. The summed E-state index contributed by atoms with van der Waals surface area (Å²) in [6.45, 7) is 2.41. The van der Waals surface area contributed by atoms with Gasteiger partial charge in [-0.3, -0.25) is 10.1 Å². The van der Waals surface area contributed by atoms with E-state index in [-0.39, 0.29) is 18.6 Å². The maximum absolute atomic E-state index is 11.5. The number of ether oxygens (including phenoxy) is 1. The fraction of sp³-hybridized carbons (Fsp3) is 0.235. The van der Waals surface area contributed by atoms with E-state index in [1.54, 1.807) is 0 Å². The van der Waals surface area contributed by atoms with Crippen LogP contribution >= 0.6 is 0 Å². The number of hydrogen-bond donors (Lipinski definition) is 1. The Hall–Kier alpha value is -2.13. The minimum atomic E-state index is -0.232. The minimum Gasteiger partial charge on any atom is -0.465 e. The van der Waals surface area contributed by atoms with E-state index in [0.717, 1.165) is 11.1 Å². The first kappa shape index (κ1) is 14.3. The second-order valence-electron chi connectivity index (χ2n) is 4.44. The van der Waals surface area contributed by atoms with Crippen LogP contribution in [0, 0.1) is 0 Å². The second kappa shape index (κ2) is 7.46. The van der Waals surface area contributed by atoms with E-state index < -0.39 is 0 Å². The maximum Gasteiger partial charge on any atom is 0.319 e. The Morgan fingerprint density at radius 3 is 1.95 bits per heavy atom. The molecule has 0 aliphatic carbocycles. The monoisotopic (exact) mass is 269 g/mol. The van der Waals surface area contributed by atoms with Crippen LogP contribution in [0.4, 0.5) is 0 Å². The first-order valence-corrected chi connectivity index (χ1v) is 6.80. The Kier molecular flexibility index (Phi) is 5.33. The average molecular weight is 269 g/mol. The summed E-state index contributed by atoms with van der Waals surface area (Å²) in [5.41, 5.74) is 2.26. The van der Waals surface area contributed by atoms with Gasteiger partial charge >= 0.3 is 5.97 Å². The van der Waals surface area contributed by atoms with Crippen molar-refractivity contribution in [3.8, 4) is 0 Å². The molecule has 2 aromatic carbocycles. The Labute approximate surface area is 119 Å². The minimum absolute atomic E-state index is 0.0122. The molecule has 3 nitrogen and oxygen atoms in total. The van der Waals surface area contributed by atoms with Gasteiger partial charge in [0.25, 0.3) is 0 Å². The molecule has 0 aliphatic rings. The molecule has 0 saturated carbocycles. The zero-order valence-corrected chi connectivity index (χ0v) is 11.6. The third-order valence-electron chi connectivity index (χ3n) is 3.02.